The molecule has 8 nitrogen and oxygen atoms in total. The molecule has 1 N–H and O–H groups in total. The Morgan fingerprint density at radius 1 is 1.46 bits per heavy atom. The summed E-state index contributed by atoms with van der Waals surface area (Å²) in [6.45, 7) is 2.98. The molecule has 3 rings (SSSR count). The predicted octanol–water partition coefficient (Wildman–Crippen LogP) is 1.05. The zero-order valence-electron chi connectivity index (χ0n) is 15.1. The van der Waals surface area contributed by atoms with Crippen LogP contribution in [-0.2, 0) is 16.6 Å². The molecule has 1 fully saturated rings. The molecule has 1 aliphatic heterocycles. The van der Waals surface area contributed by atoms with Crippen LogP contribution in [0.4, 0.5) is 5.82 Å². The molecule has 0 aromatic carbocycles. The molecule has 0 saturated carbocycles. The van der Waals surface area contributed by atoms with Gasteiger partial charge >= 0.3 is 0 Å². The van der Waals surface area contributed by atoms with Gasteiger partial charge in [-0.25, -0.2) is 9.97 Å². The molecule has 3 heterocycles. The van der Waals surface area contributed by atoms with Crippen LogP contribution in [0.25, 0.3) is 0 Å². The van der Waals surface area contributed by atoms with Crippen molar-refractivity contribution < 1.29 is 9.53 Å². The highest BCUT2D eigenvalue weighted by Gasteiger charge is 2.37. The number of amides is 1. The zero-order valence-corrected chi connectivity index (χ0v) is 15.1. The normalized spacial score (nSPS) is 19.4. The molecule has 2 aromatic heterocycles. The Balaban J connectivity index is 1.88. The van der Waals surface area contributed by atoms with Crippen molar-refractivity contribution in [3.05, 3.63) is 41.6 Å². The molecule has 0 radical (unpaired) electrons. The number of likely N-dealkylation sites (tertiary alicyclic amines) is 1. The molecule has 26 heavy (non-hydrogen) atoms. The second kappa shape index (κ2) is 7.54. The first kappa shape index (κ1) is 17.9. The third-order valence-corrected chi connectivity index (χ3v) is 4.52. The predicted molar refractivity (Wildman–Crippen MR) is 95.5 cm³/mol. The lowest BCUT2D eigenvalue weighted by molar-refractivity contribution is -0.134. The van der Waals surface area contributed by atoms with E-state index in [0.717, 1.165) is 11.4 Å². The Kier molecular flexibility index (Phi) is 5.19. The van der Waals surface area contributed by atoms with Crippen LogP contribution in [0.5, 0.6) is 0 Å². The van der Waals surface area contributed by atoms with Gasteiger partial charge in [0.05, 0.1) is 23.6 Å². The van der Waals surface area contributed by atoms with Gasteiger partial charge in [0.2, 0.25) is 5.91 Å². The van der Waals surface area contributed by atoms with Crippen molar-refractivity contribution in [1.82, 2.24) is 19.4 Å². The zero-order chi connectivity index (χ0) is 18.7. The second-order valence-corrected chi connectivity index (χ2v) is 6.51. The third-order valence-electron chi connectivity index (χ3n) is 4.52. The number of carbonyl (C=O) groups excluding carboxylic acids is 1. The van der Waals surface area contributed by atoms with Crippen LogP contribution < -0.4 is 5.32 Å². The number of aryl methyl sites for hydroxylation is 2. The van der Waals surface area contributed by atoms with E-state index in [1.807, 2.05) is 30.8 Å². The highest BCUT2D eigenvalue weighted by atomic mass is 16.5. The molecule has 136 valence electrons. The number of nitrogens with zero attached hydrogens (tertiary/aromatic N) is 5. The van der Waals surface area contributed by atoms with E-state index in [4.69, 9.17) is 4.74 Å². The standard InChI is InChI=1S/C18H22N6O2/c1-12-4-5-13(6-19)18(21-12)22-16-9-24(17(25)10-26-3)7-14(16)15-8-23(2)11-20-15/h4-5,8,11,14,16H,7,9-10H2,1-3H3,(H,21,22)/t14-,16+/m0/s1. The average molecular weight is 354 g/mol. The van der Waals surface area contributed by atoms with Gasteiger partial charge in [0.25, 0.3) is 0 Å². The first-order chi connectivity index (χ1) is 12.5. The number of rotatable bonds is 5. The molecule has 2 atom stereocenters. The first-order valence-electron chi connectivity index (χ1n) is 8.40. The van der Waals surface area contributed by atoms with Crippen LogP contribution in [0.3, 0.4) is 0 Å². The molecule has 1 saturated heterocycles. The summed E-state index contributed by atoms with van der Waals surface area (Å²) in [6, 6.07) is 5.64. The smallest absolute Gasteiger partial charge is 0.248 e. The van der Waals surface area contributed by atoms with E-state index in [0.29, 0.717) is 24.5 Å². The summed E-state index contributed by atoms with van der Waals surface area (Å²) >= 11 is 0. The van der Waals surface area contributed by atoms with E-state index in [-0.39, 0.29) is 24.5 Å². The minimum Gasteiger partial charge on any atom is -0.375 e. The van der Waals surface area contributed by atoms with Crippen molar-refractivity contribution in [3.8, 4) is 6.07 Å². The van der Waals surface area contributed by atoms with Gasteiger partial charge in [0.15, 0.2) is 0 Å². The van der Waals surface area contributed by atoms with Gasteiger partial charge in [-0.15, -0.1) is 0 Å². The summed E-state index contributed by atoms with van der Waals surface area (Å²) in [4.78, 5) is 23.0. The number of nitriles is 1. The van der Waals surface area contributed by atoms with Crippen LogP contribution in [0, 0.1) is 18.3 Å². The SMILES string of the molecule is COCC(=O)N1C[C@@H](Nc2nc(C)ccc2C#N)[C@H](c2cn(C)cn2)C1. The fourth-order valence-corrected chi connectivity index (χ4v) is 3.23. The lowest BCUT2D eigenvalue weighted by atomic mass is 10.00. The lowest BCUT2D eigenvalue weighted by Gasteiger charge is -2.19. The average Bonchev–Trinajstić information content (AvgIpc) is 3.21. The number of methoxy groups -OCH3 is 1. The molecule has 8 heteroatoms. The molecule has 0 bridgehead atoms. The highest BCUT2D eigenvalue weighted by molar-refractivity contribution is 5.78. The number of ether oxygens (including phenoxy) is 1. The van der Waals surface area contributed by atoms with E-state index in [1.54, 1.807) is 17.3 Å². The van der Waals surface area contributed by atoms with Crippen LogP contribution in [-0.4, -0.2) is 58.2 Å². The molecule has 0 aliphatic carbocycles. The maximum atomic E-state index is 12.3. The van der Waals surface area contributed by atoms with Crippen LogP contribution in [0.2, 0.25) is 0 Å². The number of anilines is 1. The number of aromatic nitrogens is 3. The van der Waals surface area contributed by atoms with Crippen molar-refractivity contribution in [3.63, 3.8) is 0 Å². The number of carbonyl (C=O) groups is 1. The largest absolute Gasteiger partial charge is 0.375 e. The summed E-state index contributed by atoms with van der Waals surface area (Å²) in [6.07, 6.45) is 3.70. The van der Waals surface area contributed by atoms with E-state index in [9.17, 15) is 10.1 Å². The summed E-state index contributed by atoms with van der Waals surface area (Å²) in [7, 11) is 3.42. The number of imidazole rings is 1. The van der Waals surface area contributed by atoms with E-state index < -0.39 is 0 Å². The monoisotopic (exact) mass is 354 g/mol. The van der Waals surface area contributed by atoms with E-state index in [2.05, 4.69) is 21.4 Å². The van der Waals surface area contributed by atoms with Gasteiger partial charge in [0.1, 0.15) is 18.5 Å². The summed E-state index contributed by atoms with van der Waals surface area (Å²) in [5, 5.41) is 12.7. The number of hydrogen-bond donors (Lipinski definition) is 1. The third kappa shape index (κ3) is 3.68. The Labute approximate surface area is 152 Å². The van der Waals surface area contributed by atoms with Crippen molar-refractivity contribution in [2.24, 2.45) is 7.05 Å². The molecule has 1 aliphatic rings. The van der Waals surface area contributed by atoms with Crippen LogP contribution >= 0.6 is 0 Å². The molecular formula is C18H22N6O2. The molecule has 0 unspecified atom stereocenters. The van der Waals surface area contributed by atoms with E-state index >= 15 is 0 Å². The van der Waals surface area contributed by atoms with Gasteiger partial charge in [-0.05, 0) is 19.1 Å². The summed E-state index contributed by atoms with van der Waals surface area (Å²) in [5.41, 5.74) is 2.21. The van der Waals surface area contributed by atoms with Gasteiger partial charge in [0, 0.05) is 45.1 Å². The minimum atomic E-state index is -0.0906. The van der Waals surface area contributed by atoms with Crippen LogP contribution in [0.1, 0.15) is 22.9 Å². The Bertz CT molecular complexity index is 840. The lowest BCUT2D eigenvalue weighted by Crippen LogP contribution is -2.34. The number of nitrogens with one attached hydrogen (secondary N) is 1. The Morgan fingerprint density at radius 3 is 2.92 bits per heavy atom. The minimum absolute atomic E-state index is 0.00543. The maximum Gasteiger partial charge on any atom is 0.248 e. The molecule has 1 amide bonds. The maximum absolute atomic E-state index is 12.3. The second-order valence-electron chi connectivity index (χ2n) is 6.51. The quantitative estimate of drug-likeness (QED) is 0.862. The Hall–Kier alpha value is -2.92. The molecular weight excluding hydrogens is 332 g/mol. The van der Waals surface area contributed by atoms with Gasteiger partial charge < -0.3 is 19.5 Å². The van der Waals surface area contributed by atoms with Gasteiger partial charge in [-0.2, -0.15) is 5.26 Å². The van der Waals surface area contributed by atoms with Crippen molar-refractivity contribution >= 4 is 11.7 Å². The van der Waals surface area contributed by atoms with Gasteiger partial charge in [-0.1, -0.05) is 0 Å². The number of hydrogen-bond acceptors (Lipinski definition) is 6. The Morgan fingerprint density at radius 2 is 2.27 bits per heavy atom. The highest BCUT2D eigenvalue weighted by Crippen LogP contribution is 2.29. The summed E-state index contributed by atoms with van der Waals surface area (Å²) in [5.74, 6) is 0.487. The van der Waals surface area contributed by atoms with Crippen molar-refractivity contribution in [1.29, 1.82) is 5.26 Å². The summed E-state index contributed by atoms with van der Waals surface area (Å²) < 4.78 is 6.87. The number of pyridine rings is 1. The first-order valence-corrected chi connectivity index (χ1v) is 8.40. The van der Waals surface area contributed by atoms with Crippen LogP contribution in [0.15, 0.2) is 24.7 Å². The fourth-order valence-electron chi connectivity index (χ4n) is 3.23. The van der Waals surface area contributed by atoms with E-state index in [1.165, 1.54) is 7.11 Å². The van der Waals surface area contributed by atoms with Gasteiger partial charge in [-0.3, -0.25) is 4.79 Å². The fraction of sp³-hybridized carbons (Fsp3) is 0.444. The van der Waals surface area contributed by atoms with Crippen molar-refractivity contribution in [2.45, 2.75) is 18.9 Å². The topological polar surface area (TPSA) is 96.1 Å². The molecule has 2 aromatic rings. The van der Waals surface area contributed by atoms with Crippen molar-refractivity contribution in [2.75, 3.05) is 32.1 Å². The molecule has 0 spiro atoms.